The molecule has 1 heterocycles. The molecule has 2 aromatic carbocycles. The van der Waals surface area contributed by atoms with Gasteiger partial charge in [0.2, 0.25) is 0 Å². The summed E-state index contributed by atoms with van der Waals surface area (Å²) in [5, 5.41) is 11.7. The van der Waals surface area contributed by atoms with Gasteiger partial charge >= 0.3 is 0 Å². The van der Waals surface area contributed by atoms with Crippen LogP contribution in [0.4, 0.5) is 4.39 Å². The molecule has 0 saturated heterocycles. The zero-order valence-corrected chi connectivity index (χ0v) is 13.7. The second-order valence-corrected chi connectivity index (χ2v) is 6.05. The molecule has 0 radical (unpaired) electrons. The second kappa shape index (κ2) is 6.49. The number of carbonyl (C=O) groups excluding carboxylic acids is 1. The minimum absolute atomic E-state index is 0.117. The summed E-state index contributed by atoms with van der Waals surface area (Å²) in [6.07, 6.45) is 1.63. The molecule has 0 atom stereocenters. The summed E-state index contributed by atoms with van der Waals surface area (Å²) < 4.78 is 13.1. The highest BCUT2D eigenvalue weighted by Crippen LogP contribution is 2.31. The molecule has 24 heavy (non-hydrogen) atoms. The number of benzene rings is 2. The molecule has 0 aliphatic heterocycles. The maximum atomic E-state index is 13.1. The Bertz CT molecular complexity index is 942. The van der Waals surface area contributed by atoms with Crippen LogP contribution in [0.5, 0.6) is 0 Å². The van der Waals surface area contributed by atoms with Gasteiger partial charge in [0, 0.05) is 39.7 Å². The van der Waals surface area contributed by atoms with Crippen molar-refractivity contribution in [2.45, 2.75) is 13.3 Å². The molecular weight excluding hydrogens is 329 g/mol. The van der Waals surface area contributed by atoms with Crippen LogP contribution in [0, 0.1) is 5.82 Å². The molecule has 3 rings (SSSR count). The fraction of sp³-hybridized carbons (Fsp3) is 0.105. The number of allylic oxidation sites excluding steroid dienone is 1. The number of hydrogen-bond acceptors (Lipinski definition) is 2. The molecule has 122 valence electrons. The number of carbonyl (C=O) groups is 1. The lowest BCUT2D eigenvalue weighted by molar-refractivity contribution is -0.112. The van der Waals surface area contributed by atoms with Crippen LogP contribution in [0.25, 0.3) is 16.7 Å². The summed E-state index contributed by atoms with van der Waals surface area (Å²) in [5.74, 6) is -0.675. The minimum atomic E-state index is -0.304. The Hall–Kier alpha value is -2.59. The van der Waals surface area contributed by atoms with Gasteiger partial charge in [-0.25, -0.2) is 4.39 Å². The van der Waals surface area contributed by atoms with Crippen molar-refractivity contribution in [1.82, 2.24) is 4.98 Å². The van der Waals surface area contributed by atoms with Gasteiger partial charge in [-0.1, -0.05) is 23.7 Å². The number of hydrogen-bond donors (Lipinski definition) is 2. The van der Waals surface area contributed by atoms with Crippen molar-refractivity contribution in [3.63, 3.8) is 0 Å². The van der Waals surface area contributed by atoms with Gasteiger partial charge in [0.25, 0.3) is 0 Å². The fourth-order valence-electron chi connectivity index (χ4n) is 2.72. The number of ketones is 1. The first-order valence-electron chi connectivity index (χ1n) is 7.40. The Morgan fingerprint density at radius 3 is 2.62 bits per heavy atom. The lowest BCUT2D eigenvalue weighted by Gasteiger charge is -2.05. The van der Waals surface area contributed by atoms with Gasteiger partial charge in [-0.05, 0) is 42.8 Å². The number of H-pyrrole nitrogens is 1. The Morgan fingerprint density at radius 1 is 1.25 bits per heavy atom. The molecule has 0 aliphatic carbocycles. The number of nitrogens with one attached hydrogen (secondary N) is 1. The van der Waals surface area contributed by atoms with Crippen molar-refractivity contribution >= 4 is 34.0 Å². The minimum Gasteiger partial charge on any atom is -0.507 e. The lowest BCUT2D eigenvalue weighted by Crippen LogP contribution is -1.96. The standard InChI is InChI=1S/C19H15ClFNO2/c1-11(23)8-18(24)19-15-10-13(20)4-7-16(15)22-17(19)9-12-2-5-14(21)6-3-12/h2-8,10,22,24H,9H2,1H3. The van der Waals surface area contributed by atoms with Crippen molar-refractivity contribution in [1.29, 1.82) is 0 Å². The molecular formula is C19H15ClFNO2. The average Bonchev–Trinajstić information content (AvgIpc) is 2.86. The quantitative estimate of drug-likeness (QED) is 0.515. The first kappa shape index (κ1) is 16.3. The molecule has 0 aliphatic rings. The van der Waals surface area contributed by atoms with Gasteiger partial charge in [-0.15, -0.1) is 0 Å². The molecule has 0 fully saturated rings. The predicted octanol–water partition coefficient (Wildman–Crippen LogP) is 5.04. The normalized spacial score (nSPS) is 11.9. The lowest BCUT2D eigenvalue weighted by atomic mass is 10.0. The average molecular weight is 344 g/mol. The maximum Gasteiger partial charge on any atom is 0.156 e. The highest BCUT2D eigenvalue weighted by molar-refractivity contribution is 6.31. The summed E-state index contributed by atoms with van der Waals surface area (Å²) in [5.41, 5.74) is 2.95. The first-order valence-corrected chi connectivity index (χ1v) is 7.78. The monoisotopic (exact) mass is 343 g/mol. The van der Waals surface area contributed by atoms with Crippen molar-refractivity contribution in [2.75, 3.05) is 0 Å². The second-order valence-electron chi connectivity index (χ2n) is 5.61. The predicted molar refractivity (Wildman–Crippen MR) is 93.8 cm³/mol. The number of aliphatic hydroxyl groups excluding tert-OH is 1. The van der Waals surface area contributed by atoms with Crippen molar-refractivity contribution in [2.24, 2.45) is 0 Å². The summed E-state index contributed by atoms with van der Waals surface area (Å²) in [4.78, 5) is 14.6. The van der Waals surface area contributed by atoms with Crippen LogP contribution in [-0.4, -0.2) is 15.9 Å². The molecule has 0 spiro atoms. The summed E-state index contributed by atoms with van der Waals surface area (Å²) in [6, 6.07) is 11.4. The Kier molecular flexibility index (Phi) is 4.40. The van der Waals surface area contributed by atoms with Crippen LogP contribution >= 0.6 is 11.6 Å². The number of aromatic amines is 1. The molecule has 2 N–H and O–H groups in total. The van der Waals surface area contributed by atoms with E-state index in [1.807, 2.05) is 6.07 Å². The van der Waals surface area contributed by atoms with E-state index in [4.69, 9.17) is 11.6 Å². The van der Waals surface area contributed by atoms with E-state index in [1.165, 1.54) is 25.1 Å². The SMILES string of the molecule is CC(=O)C=C(O)c1c(Cc2ccc(F)cc2)[nH]c2ccc(Cl)cc12. The van der Waals surface area contributed by atoms with E-state index >= 15 is 0 Å². The van der Waals surface area contributed by atoms with E-state index in [2.05, 4.69) is 4.98 Å². The summed E-state index contributed by atoms with van der Waals surface area (Å²) in [7, 11) is 0. The van der Waals surface area contributed by atoms with Gasteiger partial charge < -0.3 is 10.1 Å². The van der Waals surface area contributed by atoms with Gasteiger partial charge in [-0.2, -0.15) is 0 Å². The van der Waals surface area contributed by atoms with E-state index in [-0.39, 0.29) is 17.4 Å². The molecule has 0 saturated carbocycles. The fourth-order valence-corrected chi connectivity index (χ4v) is 2.89. The van der Waals surface area contributed by atoms with Crippen LogP contribution in [0.15, 0.2) is 48.5 Å². The Morgan fingerprint density at radius 2 is 1.96 bits per heavy atom. The van der Waals surface area contributed by atoms with Crippen LogP contribution in [0.2, 0.25) is 5.02 Å². The van der Waals surface area contributed by atoms with E-state index in [0.29, 0.717) is 17.0 Å². The molecule has 3 nitrogen and oxygen atoms in total. The third-order valence-electron chi connectivity index (χ3n) is 3.73. The molecule has 0 unspecified atom stereocenters. The van der Waals surface area contributed by atoms with Gasteiger partial charge in [-0.3, -0.25) is 4.79 Å². The van der Waals surface area contributed by atoms with Crippen LogP contribution in [0.1, 0.15) is 23.7 Å². The third kappa shape index (κ3) is 3.34. The molecule has 1 aromatic heterocycles. The van der Waals surface area contributed by atoms with Crippen molar-refractivity contribution in [3.05, 3.63) is 76.2 Å². The zero-order chi connectivity index (χ0) is 17.3. The smallest absolute Gasteiger partial charge is 0.156 e. The van der Waals surface area contributed by atoms with E-state index < -0.39 is 0 Å². The molecule has 5 heteroatoms. The number of rotatable bonds is 4. The van der Waals surface area contributed by atoms with E-state index in [1.54, 1.807) is 24.3 Å². The third-order valence-corrected chi connectivity index (χ3v) is 3.96. The highest BCUT2D eigenvalue weighted by atomic mass is 35.5. The number of fused-ring (bicyclic) bond motifs is 1. The molecule has 0 bridgehead atoms. The number of halogens is 2. The van der Waals surface area contributed by atoms with Gasteiger partial charge in [0.1, 0.15) is 11.6 Å². The van der Waals surface area contributed by atoms with Crippen LogP contribution in [0.3, 0.4) is 0 Å². The Balaban J connectivity index is 2.15. The zero-order valence-electron chi connectivity index (χ0n) is 12.9. The largest absolute Gasteiger partial charge is 0.507 e. The van der Waals surface area contributed by atoms with Crippen LogP contribution in [-0.2, 0) is 11.2 Å². The molecule has 0 amide bonds. The van der Waals surface area contributed by atoms with Crippen molar-refractivity contribution < 1.29 is 14.3 Å². The maximum absolute atomic E-state index is 13.1. The number of aromatic nitrogens is 1. The first-order chi connectivity index (χ1) is 11.4. The van der Waals surface area contributed by atoms with Gasteiger partial charge in [0.05, 0.1) is 0 Å². The Labute approximate surface area is 143 Å². The van der Waals surface area contributed by atoms with Crippen LogP contribution < -0.4 is 0 Å². The molecule has 3 aromatic rings. The van der Waals surface area contributed by atoms with E-state index in [9.17, 15) is 14.3 Å². The topological polar surface area (TPSA) is 53.1 Å². The van der Waals surface area contributed by atoms with Crippen molar-refractivity contribution in [3.8, 4) is 0 Å². The summed E-state index contributed by atoms with van der Waals surface area (Å²) in [6.45, 7) is 1.37. The van der Waals surface area contributed by atoms with E-state index in [0.717, 1.165) is 22.2 Å². The highest BCUT2D eigenvalue weighted by Gasteiger charge is 2.16. The van der Waals surface area contributed by atoms with Gasteiger partial charge in [0.15, 0.2) is 5.78 Å². The summed E-state index contributed by atoms with van der Waals surface area (Å²) >= 11 is 6.06. The number of aliphatic hydroxyl groups is 1.